The largest absolute Gasteiger partial charge is 0.497 e. The molecule has 0 fully saturated rings. The highest BCUT2D eigenvalue weighted by atomic mass is 16.6. The Morgan fingerprint density at radius 2 is 2.27 bits per heavy atom. The zero-order chi connectivity index (χ0) is 7.84. The minimum Gasteiger partial charge on any atom is -0.497 e. The summed E-state index contributed by atoms with van der Waals surface area (Å²) in [6, 6.07) is 5.12. The third kappa shape index (κ3) is 0.774. The van der Waals surface area contributed by atoms with E-state index in [1.165, 1.54) is 0 Å². The summed E-state index contributed by atoms with van der Waals surface area (Å²) in [5.74, 6) is 1.05. The van der Waals surface area contributed by atoms with E-state index in [0.717, 1.165) is 0 Å². The van der Waals surface area contributed by atoms with Gasteiger partial charge in [0.1, 0.15) is 17.1 Å². The van der Waals surface area contributed by atoms with Gasteiger partial charge in [0.2, 0.25) is 0 Å². The maximum Gasteiger partial charge on any atom is 0.347 e. The predicted molar refractivity (Wildman–Crippen MR) is 38.0 cm³/mol. The van der Waals surface area contributed by atoms with Crippen LogP contribution < -0.4 is 9.47 Å². The maximum atomic E-state index is 10.7. The van der Waals surface area contributed by atoms with Crippen LogP contribution in [-0.2, 0) is 0 Å². The van der Waals surface area contributed by atoms with Crippen LogP contribution in [0.25, 0.3) is 0 Å². The van der Waals surface area contributed by atoms with Crippen molar-refractivity contribution in [3.63, 3.8) is 0 Å². The van der Waals surface area contributed by atoms with Gasteiger partial charge in [-0.2, -0.15) is 0 Å². The monoisotopic (exact) mass is 150 g/mol. The van der Waals surface area contributed by atoms with Crippen molar-refractivity contribution >= 4 is 5.97 Å². The molecule has 1 heterocycles. The molecule has 2 rings (SSSR count). The first kappa shape index (κ1) is 6.22. The minimum atomic E-state index is -0.261. The highest BCUT2D eigenvalue weighted by molar-refractivity contribution is 6.01. The van der Waals surface area contributed by atoms with E-state index in [9.17, 15) is 4.79 Å². The summed E-state index contributed by atoms with van der Waals surface area (Å²) in [6.07, 6.45) is 0. The molecule has 0 atom stereocenters. The Labute approximate surface area is 63.5 Å². The second kappa shape index (κ2) is 1.99. The molecule has 0 saturated heterocycles. The molecule has 0 unspecified atom stereocenters. The third-order valence-electron chi connectivity index (χ3n) is 1.61. The van der Waals surface area contributed by atoms with Gasteiger partial charge >= 0.3 is 5.97 Å². The van der Waals surface area contributed by atoms with Crippen molar-refractivity contribution in [2.45, 2.75) is 0 Å². The van der Waals surface area contributed by atoms with Gasteiger partial charge in [-0.1, -0.05) is 0 Å². The number of rotatable bonds is 1. The zero-order valence-electron chi connectivity index (χ0n) is 5.96. The molecule has 11 heavy (non-hydrogen) atoms. The first-order valence-corrected chi connectivity index (χ1v) is 3.21. The number of hydrogen-bond donors (Lipinski definition) is 0. The summed E-state index contributed by atoms with van der Waals surface area (Å²) in [4.78, 5) is 10.7. The topological polar surface area (TPSA) is 35.5 Å². The molecule has 0 saturated carbocycles. The van der Waals surface area contributed by atoms with Crippen molar-refractivity contribution < 1.29 is 14.3 Å². The fraction of sp³-hybridized carbons (Fsp3) is 0.125. The van der Waals surface area contributed by atoms with Crippen molar-refractivity contribution in [2.75, 3.05) is 7.11 Å². The number of hydrogen-bond acceptors (Lipinski definition) is 3. The number of methoxy groups -OCH3 is 1. The molecule has 0 aromatic heterocycles. The van der Waals surface area contributed by atoms with Crippen LogP contribution >= 0.6 is 0 Å². The van der Waals surface area contributed by atoms with Crippen LogP contribution in [0.5, 0.6) is 11.5 Å². The molecular formula is C8H6O3. The highest BCUT2D eigenvalue weighted by Crippen LogP contribution is 2.32. The number of esters is 1. The minimum absolute atomic E-state index is 0.261. The Morgan fingerprint density at radius 3 is 2.82 bits per heavy atom. The lowest BCUT2D eigenvalue weighted by molar-refractivity contribution is 0.0658. The van der Waals surface area contributed by atoms with Crippen molar-refractivity contribution in [1.82, 2.24) is 0 Å². The molecule has 0 N–H and O–H groups in total. The maximum absolute atomic E-state index is 10.7. The number of carbonyl (C=O) groups is 1. The zero-order valence-corrected chi connectivity index (χ0v) is 5.96. The molecule has 3 heteroatoms. The normalized spacial score (nSPS) is 13.0. The van der Waals surface area contributed by atoms with Crippen LogP contribution in [0.2, 0.25) is 0 Å². The molecule has 0 radical (unpaired) electrons. The lowest BCUT2D eigenvalue weighted by atomic mass is 10.1. The standard InChI is InChI=1S/C8H6O3/c1-10-5-2-3-6-7(4-5)11-8(6)9/h2-4H,1H3. The van der Waals surface area contributed by atoms with E-state index in [2.05, 4.69) is 0 Å². The van der Waals surface area contributed by atoms with Gasteiger partial charge in [0.25, 0.3) is 0 Å². The summed E-state index contributed by atoms with van der Waals surface area (Å²) in [5.41, 5.74) is 0.630. The van der Waals surface area contributed by atoms with Gasteiger partial charge < -0.3 is 9.47 Å². The van der Waals surface area contributed by atoms with Gasteiger partial charge in [0, 0.05) is 6.07 Å². The Bertz CT molecular complexity index is 317. The molecule has 1 aromatic rings. The van der Waals surface area contributed by atoms with Gasteiger partial charge in [0.15, 0.2) is 0 Å². The SMILES string of the molecule is COc1ccc2c(c1)OC2=O. The van der Waals surface area contributed by atoms with E-state index < -0.39 is 0 Å². The van der Waals surface area contributed by atoms with E-state index in [4.69, 9.17) is 9.47 Å². The van der Waals surface area contributed by atoms with Crippen molar-refractivity contribution in [1.29, 1.82) is 0 Å². The number of fused-ring (bicyclic) bond motifs is 1. The van der Waals surface area contributed by atoms with Crippen LogP contribution in [0.4, 0.5) is 0 Å². The average Bonchev–Trinajstić information content (AvgIpc) is 2.02. The Kier molecular flexibility index (Phi) is 1.12. The van der Waals surface area contributed by atoms with E-state index in [-0.39, 0.29) is 5.97 Å². The lowest BCUT2D eigenvalue weighted by Crippen LogP contribution is -2.20. The molecule has 0 aliphatic carbocycles. The molecule has 0 bridgehead atoms. The highest BCUT2D eigenvalue weighted by Gasteiger charge is 2.25. The van der Waals surface area contributed by atoms with Crippen LogP contribution in [0, 0.1) is 0 Å². The summed E-state index contributed by atoms with van der Waals surface area (Å²) in [6.45, 7) is 0. The first-order valence-electron chi connectivity index (χ1n) is 3.21. The van der Waals surface area contributed by atoms with Crippen molar-refractivity contribution in [3.05, 3.63) is 23.8 Å². The van der Waals surface area contributed by atoms with E-state index in [0.29, 0.717) is 17.1 Å². The summed E-state index contributed by atoms with van der Waals surface area (Å²) >= 11 is 0. The second-order valence-corrected chi connectivity index (χ2v) is 2.25. The summed E-state index contributed by atoms with van der Waals surface area (Å²) in [5, 5.41) is 0. The average molecular weight is 150 g/mol. The Hall–Kier alpha value is -1.51. The van der Waals surface area contributed by atoms with Gasteiger partial charge in [-0.3, -0.25) is 0 Å². The fourth-order valence-corrected chi connectivity index (χ4v) is 0.991. The molecule has 1 aromatic carbocycles. The van der Waals surface area contributed by atoms with Crippen molar-refractivity contribution in [3.8, 4) is 11.5 Å². The predicted octanol–water partition coefficient (Wildman–Crippen LogP) is 1.23. The smallest absolute Gasteiger partial charge is 0.347 e. The molecule has 56 valence electrons. The molecule has 3 nitrogen and oxygen atoms in total. The molecular weight excluding hydrogens is 144 g/mol. The van der Waals surface area contributed by atoms with E-state index in [1.807, 2.05) is 0 Å². The third-order valence-corrected chi connectivity index (χ3v) is 1.61. The number of carbonyl (C=O) groups excluding carboxylic acids is 1. The van der Waals surface area contributed by atoms with Gasteiger partial charge in [0.05, 0.1) is 7.11 Å². The van der Waals surface area contributed by atoms with Gasteiger partial charge in [-0.25, -0.2) is 4.79 Å². The van der Waals surface area contributed by atoms with Crippen LogP contribution in [0.15, 0.2) is 18.2 Å². The Morgan fingerprint density at radius 1 is 1.45 bits per heavy atom. The second-order valence-electron chi connectivity index (χ2n) is 2.25. The van der Waals surface area contributed by atoms with E-state index in [1.54, 1.807) is 25.3 Å². The van der Waals surface area contributed by atoms with Crippen molar-refractivity contribution in [2.24, 2.45) is 0 Å². The molecule has 0 spiro atoms. The Balaban J connectivity index is 2.46. The lowest BCUT2D eigenvalue weighted by Gasteiger charge is -2.17. The quantitative estimate of drug-likeness (QED) is 0.565. The first-order chi connectivity index (χ1) is 5.31. The molecule has 1 aliphatic heterocycles. The summed E-state index contributed by atoms with van der Waals surface area (Å²) in [7, 11) is 1.57. The van der Waals surface area contributed by atoms with E-state index >= 15 is 0 Å². The van der Waals surface area contributed by atoms with Gasteiger partial charge in [-0.15, -0.1) is 0 Å². The summed E-state index contributed by atoms with van der Waals surface area (Å²) < 4.78 is 9.64. The van der Waals surface area contributed by atoms with Crippen LogP contribution in [-0.4, -0.2) is 13.1 Å². The fourth-order valence-electron chi connectivity index (χ4n) is 0.991. The van der Waals surface area contributed by atoms with Crippen LogP contribution in [0.1, 0.15) is 10.4 Å². The molecule has 1 aliphatic rings. The number of benzene rings is 1. The number of ether oxygens (including phenoxy) is 2. The van der Waals surface area contributed by atoms with Crippen LogP contribution in [0.3, 0.4) is 0 Å². The molecule has 0 amide bonds. The van der Waals surface area contributed by atoms with Gasteiger partial charge in [-0.05, 0) is 12.1 Å².